The average Bonchev–Trinajstić information content (AvgIpc) is 3.15. The number of hydrogen-bond acceptors (Lipinski definition) is 3. The summed E-state index contributed by atoms with van der Waals surface area (Å²) in [5.41, 5.74) is 2.49. The van der Waals surface area contributed by atoms with Crippen molar-refractivity contribution in [3.05, 3.63) is 28.5 Å². The van der Waals surface area contributed by atoms with E-state index in [1.165, 1.54) is 107 Å². The highest BCUT2D eigenvalue weighted by Crippen LogP contribution is 2.35. The van der Waals surface area contributed by atoms with Gasteiger partial charge >= 0.3 is 0 Å². The van der Waals surface area contributed by atoms with Crippen molar-refractivity contribution in [3.63, 3.8) is 0 Å². The van der Waals surface area contributed by atoms with Crippen molar-refractivity contribution in [1.82, 2.24) is 19.8 Å². The molecule has 170 valence electrons. The van der Waals surface area contributed by atoms with Gasteiger partial charge in [-0.25, -0.2) is 4.98 Å². The summed E-state index contributed by atoms with van der Waals surface area (Å²) in [7, 11) is 0. The van der Waals surface area contributed by atoms with Crippen LogP contribution in [0.1, 0.15) is 88.4 Å². The van der Waals surface area contributed by atoms with Gasteiger partial charge in [-0.1, -0.05) is 48.0 Å². The van der Waals surface area contributed by atoms with Gasteiger partial charge in [-0.2, -0.15) is 0 Å². The Morgan fingerprint density at radius 1 is 0.935 bits per heavy atom. The summed E-state index contributed by atoms with van der Waals surface area (Å²) in [6.45, 7) is 6.06. The summed E-state index contributed by atoms with van der Waals surface area (Å²) >= 11 is 3.71. The predicted molar refractivity (Wildman–Crippen MR) is 133 cm³/mol. The van der Waals surface area contributed by atoms with E-state index in [9.17, 15) is 0 Å². The molecule has 2 saturated heterocycles. The van der Waals surface area contributed by atoms with Crippen LogP contribution in [-0.4, -0.2) is 47.2 Å². The Bertz CT molecular complexity index is 840. The molecule has 2 aromatic rings. The minimum Gasteiger partial charge on any atom is -0.324 e. The van der Waals surface area contributed by atoms with Crippen molar-refractivity contribution in [2.75, 3.05) is 32.7 Å². The Labute approximate surface area is 196 Å². The lowest BCUT2D eigenvalue weighted by molar-refractivity contribution is 0.151. The molecule has 1 aromatic carbocycles. The fourth-order valence-electron chi connectivity index (χ4n) is 6.28. The number of rotatable bonds is 4. The second-order valence-corrected chi connectivity index (χ2v) is 11.2. The number of fused-ring (bicyclic) bond motifs is 1. The zero-order valence-electron chi connectivity index (χ0n) is 19.0. The van der Waals surface area contributed by atoms with Crippen LogP contribution in [0.25, 0.3) is 11.0 Å². The molecule has 2 aliphatic heterocycles. The second-order valence-electron chi connectivity index (χ2n) is 10.3. The molecule has 1 N–H and O–H groups in total. The predicted octanol–water partition coefficient (Wildman–Crippen LogP) is 6.26. The van der Waals surface area contributed by atoms with Crippen LogP contribution < -0.4 is 5.32 Å². The molecule has 31 heavy (non-hydrogen) atoms. The van der Waals surface area contributed by atoms with E-state index < -0.39 is 0 Å². The largest absolute Gasteiger partial charge is 0.324 e. The van der Waals surface area contributed by atoms with Gasteiger partial charge in [-0.3, -0.25) is 0 Å². The molecule has 3 fully saturated rings. The Hall–Kier alpha value is -0.910. The molecule has 0 bridgehead atoms. The van der Waals surface area contributed by atoms with Crippen LogP contribution in [0, 0.1) is 5.92 Å². The number of nitrogens with one attached hydrogen (secondary N) is 1. The molecule has 5 heteroatoms. The normalized spacial score (nSPS) is 25.5. The van der Waals surface area contributed by atoms with E-state index in [4.69, 9.17) is 4.98 Å². The Balaban J connectivity index is 1.31. The van der Waals surface area contributed by atoms with Crippen molar-refractivity contribution < 1.29 is 0 Å². The molecule has 5 rings (SSSR count). The van der Waals surface area contributed by atoms with Crippen molar-refractivity contribution in [3.8, 4) is 0 Å². The number of hydrogen-bond donors (Lipinski definition) is 1. The molecule has 1 saturated carbocycles. The van der Waals surface area contributed by atoms with Crippen molar-refractivity contribution in [2.45, 2.75) is 82.6 Å². The zero-order valence-corrected chi connectivity index (χ0v) is 20.6. The maximum Gasteiger partial charge on any atom is 0.114 e. The van der Waals surface area contributed by atoms with E-state index in [1.807, 2.05) is 0 Å². The van der Waals surface area contributed by atoms with Gasteiger partial charge in [0, 0.05) is 42.6 Å². The Kier molecular flexibility index (Phi) is 7.32. The third-order valence-corrected chi connectivity index (χ3v) is 8.50. The molecule has 0 unspecified atom stereocenters. The first-order chi connectivity index (χ1) is 15.3. The number of aromatic nitrogens is 2. The summed E-state index contributed by atoms with van der Waals surface area (Å²) < 4.78 is 3.81. The first-order valence-electron chi connectivity index (χ1n) is 12.9. The highest BCUT2D eigenvalue weighted by molar-refractivity contribution is 9.10. The van der Waals surface area contributed by atoms with Gasteiger partial charge in [-0.05, 0) is 69.2 Å². The lowest BCUT2D eigenvalue weighted by atomic mass is 9.90. The molecule has 1 aromatic heterocycles. The van der Waals surface area contributed by atoms with Gasteiger partial charge < -0.3 is 14.8 Å². The number of piperidine rings is 2. The minimum absolute atomic E-state index is 0.549. The van der Waals surface area contributed by atoms with Gasteiger partial charge in [0.2, 0.25) is 0 Å². The number of likely N-dealkylation sites (tertiary alicyclic amines) is 1. The van der Waals surface area contributed by atoms with E-state index in [0.29, 0.717) is 12.0 Å². The van der Waals surface area contributed by atoms with Crippen LogP contribution in [0.2, 0.25) is 0 Å². The van der Waals surface area contributed by atoms with Crippen LogP contribution in [0.3, 0.4) is 0 Å². The maximum atomic E-state index is 5.17. The van der Waals surface area contributed by atoms with Crippen molar-refractivity contribution in [1.29, 1.82) is 0 Å². The highest BCUT2D eigenvalue weighted by atomic mass is 79.9. The summed E-state index contributed by atoms with van der Waals surface area (Å²) in [5, 5.41) is 3.61. The topological polar surface area (TPSA) is 33.1 Å². The monoisotopic (exact) mass is 486 g/mol. The fraction of sp³-hybridized carbons (Fsp3) is 0.731. The third kappa shape index (κ3) is 5.20. The standard InChI is InChI=1S/C26H39BrN4/c27-22-10-11-24-25(17-22)31(26(29-24)21-9-6-14-28-18-21)23-12-15-30(16-13-23)19-20-7-4-2-1-3-5-8-20/h10-11,17,20-21,23,28H,1-9,12-16,18-19H2/t21-/m1/s1. The molecule has 4 nitrogen and oxygen atoms in total. The summed E-state index contributed by atoms with van der Waals surface area (Å²) in [6.07, 6.45) is 15.3. The molecule has 3 heterocycles. The maximum absolute atomic E-state index is 5.17. The minimum atomic E-state index is 0.549. The first-order valence-corrected chi connectivity index (χ1v) is 13.7. The van der Waals surface area contributed by atoms with Crippen LogP contribution >= 0.6 is 15.9 Å². The van der Waals surface area contributed by atoms with E-state index in [1.54, 1.807) is 0 Å². The number of imidazole rings is 1. The Morgan fingerprint density at radius 2 is 1.71 bits per heavy atom. The van der Waals surface area contributed by atoms with Gasteiger partial charge in [-0.15, -0.1) is 0 Å². The summed E-state index contributed by atoms with van der Waals surface area (Å²) in [6, 6.07) is 7.22. The first kappa shape index (κ1) is 21.9. The molecular formula is C26H39BrN4. The van der Waals surface area contributed by atoms with Crippen LogP contribution in [0.4, 0.5) is 0 Å². The molecule has 0 amide bonds. The average molecular weight is 488 g/mol. The molecular weight excluding hydrogens is 448 g/mol. The lowest BCUT2D eigenvalue weighted by Crippen LogP contribution is -2.38. The van der Waals surface area contributed by atoms with Crippen molar-refractivity contribution >= 4 is 27.0 Å². The summed E-state index contributed by atoms with van der Waals surface area (Å²) in [4.78, 5) is 7.95. The van der Waals surface area contributed by atoms with E-state index in [0.717, 1.165) is 23.5 Å². The highest BCUT2D eigenvalue weighted by Gasteiger charge is 2.29. The smallest absolute Gasteiger partial charge is 0.114 e. The number of benzene rings is 1. The fourth-order valence-corrected chi connectivity index (χ4v) is 6.63. The molecule has 1 aliphatic carbocycles. The molecule has 3 aliphatic rings. The molecule has 1 atom stereocenters. The van der Waals surface area contributed by atoms with Gasteiger partial charge in [0.05, 0.1) is 11.0 Å². The van der Waals surface area contributed by atoms with Gasteiger partial charge in [0.1, 0.15) is 5.82 Å². The third-order valence-electron chi connectivity index (χ3n) is 8.00. The SMILES string of the molecule is Brc1ccc2nc([C@@H]3CCCNC3)n(C3CCN(CC4CCCCCCC4)CC3)c2c1. The Morgan fingerprint density at radius 3 is 2.45 bits per heavy atom. The van der Waals surface area contributed by atoms with E-state index >= 15 is 0 Å². The summed E-state index contributed by atoms with van der Waals surface area (Å²) in [5.74, 6) is 2.82. The number of halogens is 1. The lowest BCUT2D eigenvalue weighted by Gasteiger charge is -2.36. The van der Waals surface area contributed by atoms with E-state index in [2.05, 4.69) is 48.9 Å². The van der Waals surface area contributed by atoms with Crippen LogP contribution in [0.5, 0.6) is 0 Å². The second kappa shape index (κ2) is 10.4. The number of nitrogens with zero attached hydrogens (tertiary/aromatic N) is 3. The van der Waals surface area contributed by atoms with Gasteiger partial charge in [0.15, 0.2) is 0 Å². The quantitative estimate of drug-likeness (QED) is 0.552. The molecule has 0 spiro atoms. The van der Waals surface area contributed by atoms with Crippen molar-refractivity contribution in [2.24, 2.45) is 5.92 Å². The van der Waals surface area contributed by atoms with Crippen LogP contribution in [-0.2, 0) is 0 Å². The van der Waals surface area contributed by atoms with Gasteiger partial charge in [0.25, 0.3) is 0 Å². The van der Waals surface area contributed by atoms with Crippen LogP contribution in [0.15, 0.2) is 22.7 Å². The van der Waals surface area contributed by atoms with E-state index in [-0.39, 0.29) is 0 Å². The molecule has 0 radical (unpaired) electrons. The zero-order chi connectivity index (χ0) is 21.0.